The second-order valence-corrected chi connectivity index (χ2v) is 5.88. The van der Waals surface area contributed by atoms with E-state index < -0.39 is 5.97 Å². The summed E-state index contributed by atoms with van der Waals surface area (Å²) in [5.41, 5.74) is 0. The molecule has 0 aromatic carbocycles. The highest BCUT2D eigenvalue weighted by atomic mass is 32.2. The maximum Gasteiger partial charge on any atom is 0.303 e. The van der Waals surface area contributed by atoms with Crippen LogP contribution in [-0.4, -0.2) is 21.6 Å². The Morgan fingerprint density at radius 2 is 2.07 bits per heavy atom. The predicted octanol–water partition coefficient (Wildman–Crippen LogP) is 3.31. The lowest BCUT2D eigenvalue weighted by molar-refractivity contribution is -0.137. The summed E-state index contributed by atoms with van der Waals surface area (Å²) >= 11 is 2.00. The number of carbonyl (C=O) groups is 1. The molecule has 1 aliphatic rings. The highest BCUT2D eigenvalue weighted by Gasteiger charge is 2.17. The van der Waals surface area contributed by atoms with Crippen molar-refractivity contribution in [2.45, 2.75) is 62.4 Å². The number of rotatable bonds is 5. The Labute approximate surface area is 90.5 Å². The average molecular weight is 216 g/mol. The molecule has 3 heteroatoms. The molecule has 0 bridgehead atoms. The minimum absolute atomic E-state index is 0.320. The SMILES string of the molecule is CC(CCC(=O)O)SC1CCCCC1. The van der Waals surface area contributed by atoms with Crippen molar-refractivity contribution >= 4 is 17.7 Å². The first-order valence-electron chi connectivity index (χ1n) is 5.55. The van der Waals surface area contributed by atoms with Crippen molar-refractivity contribution in [3.05, 3.63) is 0 Å². The first-order chi connectivity index (χ1) is 6.68. The Balaban J connectivity index is 2.11. The summed E-state index contributed by atoms with van der Waals surface area (Å²) in [5, 5.41) is 9.87. The molecule has 0 aliphatic heterocycles. The average Bonchev–Trinajstić information content (AvgIpc) is 2.16. The number of carboxylic acids is 1. The Bertz CT molecular complexity index is 176. The van der Waals surface area contributed by atoms with Gasteiger partial charge in [0.2, 0.25) is 0 Å². The predicted molar refractivity (Wildman–Crippen MR) is 60.8 cm³/mol. The van der Waals surface area contributed by atoms with Crippen LogP contribution < -0.4 is 0 Å². The summed E-state index contributed by atoms with van der Waals surface area (Å²) in [4.78, 5) is 10.4. The molecule has 82 valence electrons. The van der Waals surface area contributed by atoms with Crippen molar-refractivity contribution < 1.29 is 9.90 Å². The fourth-order valence-electron chi connectivity index (χ4n) is 1.92. The van der Waals surface area contributed by atoms with Gasteiger partial charge in [0.25, 0.3) is 0 Å². The Hall–Kier alpha value is -0.180. The summed E-state index contributed by atoms with van der Waals surface area (Å²) in [6, 6.07) is 0. The van der Waals surface area contributed by atoms with Crippen LogP contribution in [0, 0.1) is 0 Å². The topological polar surface area (TPSA) is 37.3 Å². The highest BCUT2D eigenvalue weighted by Crippen LogP contribution is 2.32. The third-order valence-electron chi connectivity index (χ3n) is 2.74. The third kappa shape index (κ3) is 4.89. The summed E-state index contributed by atoms with van der Waals surface area (Å²) in [6.45, 7) is 2.15. The minimum Gasteiger partial charge on any atom is -0.481 e. The van der Waals surface area contributed by atoms with Gasteiger partial charge in [0.05, 0.1) is 0 Å². The van der Waals surface area contributed by atoms with Gasteiger partial charge in [0, 0.05) is 16.9 Å². The molecule has 1 rings (SSSR count). The monoisotopic (exact) mass is 216 g/mol. The van der Waals surface area contributed by atoms with Crippen LogP contribution in [0.25, 0.3) is 0 Å². The van der Waals surface area contributed by atoms with Gasteiger partial charge in [-0.3, -0.25) is 4.79 Å². The lowest BCUT2D eigenvalue weighted by Gasteiger charge is -2.24. The van der Waals surface area contributed by atoms with Crippen molar-refractivity contribution in [3.63, 3.8) is 0 Å². The fourth-order valence-corrected chi connectivity index (χ4v) is 3.44. The maximum atomic E-state index is 10.4. The molecule has 1 atom stereocenters. The van der Waals surface area contributed by atoms with E-state index in [1.165, 1.54) is 32.1 Å². The van der Waals surface area contributed by atoms with E-state index in [1.807, 2.05) is 11.8 Å². The van der Waals surface area contributed by atoms with Gasteiger partial charge >= 0.3 is 5.97 Å². The number of hydrogen-bond acceptors (Lipinski definition) is 2. The molecular formula is C11H20O2S. The van der Waals surface area contributed by atoms with Gasteiger partial charge in [-0.1, -0.05) is 26.2 Å². The number of aliphatic carboxylic acids is 1. The van der Waals surface area contributed by atoms with E-state index in [0.717, 1.165) is 11.7 Å². The van der Waals surface area contributed by atoms with Crippen LogP contribution in [0.2, 0.25) is 0 Å². The first-order valence-corrected chi connectivity index (χ1v) is 6.50. The zero-order chi connectivity index (χ0) is 10.4. The maximum absolute atomic E-state index is 10.4. The van der Waals surface area contributed by atoms with Gasteiger partial charge < -0.3 is 5.11 Å². The van der Waals surface area contributed by atoms with Crippen molar-refractivity contribution in [1.82, 2.24) is 0 Å². The van der Waals surface area contributed by atoms with E-state index in [1.54, 1.807) is 0 Å². The summed E-state index contributed by atoms with van der Waals surface area (Å²) < 4.78 is 0. The van der Waals surface area contributed by atoms with Crippen LogP contribution in [0.3, 0.4) is 0 Å². The van der Waals surface area contributed by atoms with Crippen LogP contribution in [0.5, 0.6) is 0 Å². The van der Waals surface area contributed by atoms with Gasteiger partial charge in [-0.05, 0) is 19.3 Å². The molecule has 0 amide bonds. The van der Waals surface area contributed by atoms with E-state index in [-0.39, 0.29) is 0 Å². The molecule has 1 saturated carbocycles. The van der Waals surface area contributed by atoms with Crippen LogP contribution in [0.15, 0.2) is 0 Å². The van der Waals surface area contributed by atoms with Gasteiger partial charge in [0.15, 0.2) is 0 Å². The Kier molecular flexibility index (Phi) is 5.38. The van der Waals surface area contributed by atoms with Crippen LogP contribution in [0.1, 0.15) is 51.9 Å². The smallest absolute Gasteiger partial charge is 0.303 e. The molecule has 1 fully saturated rings. The first kappa shape index (κ1) is 11.9. The molecule has 0 aromatic heterocycles. The van der Waals surface area contributed by atoms with Crippen molar-refractivity contribution in [2.75, 3.05) is 0 Å². The molecular weight excluding hydrogens is 196 g/mol. The number of hydrogen-bond donors (Lipinski definition) is 1. The molecule has 2 nitrogen and oxygen atoms in total. The quantitative estimate of drug-likeness (QED) is 0.766. The molecule has 0 spiro atoms. The van der Waals surface area contributed by atoms with E-state index >= 15 is 0 Å². The highest BCUT2D eigenvalue weighted by molar-refractivity contribution is 8.00. The molecule has 14 heavy (non-hydrogen) atoms. The van der Waals surface area contributed by atoms with E-state index in [9.17, 15) is 4.79 Å². The normalized spacial score (nSPS) is 20.6. The van der Waals surface area contributed by atoms with Gasteiger partial charge in [-0.25, -0.2) is 0 Å². The zero-order valence-corrected chi connectivity index (χ0v) is 9.68. The van der Waals surface area contributed by atoms with Crippen molar-refractivity contribution in [3.8, 4) is 0 Å². The third-order valence-corrected chi connectivity index (χ3v) is 4.30. The van der Waals surface area contributed by atoms with Crippen molar-refractivity contribution in [1.29, 1.82) is 0 Å². The van der Waals surface area contributed by atoms with Gasteiger partial charge in [0.1, 0.15) is 0 Å². The summed E-state index contributed by atoms with van der Waals surface area (Å²) in [6.07, 6.45) is 7.93. The lowest BCUT2D eigenvalue weighted by atomic mass is 10.0. The second kappa shape index (κ2) is 6.33. The van der Waals surface area contributed by atoms with Crippen LogP contribution in [0.4, 0.5) is 0 Å². The fraction of sp³-hybridized carbons (Fsp3) is 0.909. The second-order valence-electron chi connectivity index (χ2n) is 4.14. The Morgan fingerprint density at radius 1 is 1.43 bits per heavy atom. The minimum atomic E-state index is -0.666. The van der Waals surface area contributed by atoms with Crippen LogP contribution in [-0.2, 0) is 4.79 Å². The number of carboxylic acid groups (broad SMARTS) is 1. The van der Waals surface area contributed by atoms with Crippen molar-refractivity contribution in [2.24, 2.45) is 0 Å². The molecule has 1 aliphatic carbocycles. The van der Waals surface area contributed by atoms with Gasteiger partial charge in [-0.15, -0.1) is 0 Å². The van der Waals surface area contributed by atoms with Gasteiger partial charge in [-0.2, -0.15) is 11.8 Å². The number of thioether (sulfide) groups is 1. The van der Waals surface area contributed by atoms with Crippen LogP contribution >= 0.6 is 11.8 Å². The molecule has 0 aromatic rings. The molecule has 0 saturated heterocycles. The molecule has 0 heterocycles. The Morgan fingerprint density at radius 3 is 2.64 bits per heavy atom. The molecule has 1 unspecified atom stereocenters. The van der Waals surface area contributed by atoms with E-state index in [0.29, 0.717) is 11.7 Å². The summed E-state index contributed by atoms with van der Waals surface area (Å²) in [7, 11) is 0. The molecule has 1 N–H and O–H groups in total. The lowest BCUT2D eigenvalue weighted by Crippen LogP contribution is -2.13. The summed E-state index contributed by atoms with van der Waals surface area (Å²) in [5.74, 6) is -0.666. The molecule has 0 radical (unpaired) electrons. The van der Waals surface area contributed by atoms with E-state index in [2.05, 4.69) is 6.92 Å². The standard InChI is InChI=1S/C11H20O2S/c1-9(7-8-11(12)13)14-10-5-3-2-4-6-10/h9-10H,2-8H2,1H3,(H,12,13). The zero-order valence-electron chi connectivity index (χ0n) is 8.87. The van der Waals surface area contributed by atoms with E-state index in [4.69, 9.17) is 5.11 Å². The largest absolute Gasteiger partial charge is 0.481 e.